The Kier molecular flexibility index (Phi) is 7.13. The second-order valence-corrected chi connectivity index (χ2v) is 7.36. The van der Waals surface area contributed by atoms with Crippen LogP contribution in [0.15, 0.2) is 48.5 Å². The molecular weight excluding hydrogens is 358 g/mol. The van der Waals surface area contributed by atoms with Crippen LogP contribution in [0.2, 0.25) is 0 Å². The second-order valence-electron chi connectivity index (χ2n) is 7.36. The predicted octanol–water partition coefficient (Wildman–Crippen LogP) is 3.26. The molecule has 0 amide bonds. The first-order valence-electron chi connectivity index (χ1n) is 9.73. The number of benzene rings is 2. The Morgan fingerprint density at radius 3 is 2.52 bits per heavy atom. The molecule has 2 aromatic rings. The van der Waals surface area contributed by atoms with Crippen molar-refractivity contribution in [3.63, 3.8) is 0 Å². The van der Waals surface area contributed by atoms with Crippen molar-refractivity contribution in [3.05, 3.63) is 54.1 Å². The van der Waals surface area contributed by atoms with Crippen LogP contribution in [0, 0.1) is 0 Å². The lowest BCUT2D eigenvalue weighted by atomic mass is 10.0. The van der Waals surface area contributed by atoms with Crippen LogP contribution in [0.4, 0.5) is 0 Å². The van der Waals surface area contributed by atoms with Crippen LogP contribution in [0.3, 0.4) is 0 Å². The average molecular weight is 388 g/mol. The number of likely N-dealkylation sites (tertiary alicyclic amines) is 1. The molecule has 2 saturated heterocycles. The Morgan fingerprint density at radius 1 is 1.00 bits per heavy atom. The monoisotopic (exact) mass is 387 g/mol. The number of ether oxygens (including phenoxy) is 1. The number of piperazine rings is 1. The highest BCUT2D eigenvalue weighted by atomic mass is 35.5. The number of methoxy groups -OCH3 is 1. The van der Waals surface area contributed by atoms with E-state index in [9.17, 15) is 0 Å². The molecule has 146 valence electrons. The molecule has 0 aromatic heterocycles. The molecule has 2 aliphatic rings. The Labute approximate surface area is 168 Å². The first-order valence-corrected chi connectivity index (χ1v) is 9.73. The van der Waals surface area contributed by atoms with Gasteiger partial charge in [0, 0.05) is 57.4 Å². The molecule has 1 N–H and O–H groups in total. The van der Waals surface area contributed by atoms with E-state index >= 15 is 0 Å². The highest BCUT2D eigenvalue weighted by molar-refractivity contribution is 5.85. The molecule has 0 aliphatic carbocycles. The molecule has 2 aliphatic heterocycles. The molecule has 2 fully saturated rings. The predicted molar refractivity (Wildman–Crippen MR) is 114 cm³/mol. The fourth-order valence-electron chi connectivity index (χ4n) is 4.25. The number of hydrogen-bond donors (Lipinski definition) is 1. The van der Waals surface area contributed by atoms with Crippen LogP contribution in [-0.2, 0) is 6.54 Å². The van der Waals surface area contributed by atoms with Crippen LogP contribution in [0.1, 0.15) is 12.0 Å². The van der Waals surface area contributed by atoms with E-state index in [4.69, 9.17) is 4.74 Å². The van der Waals surface area contributed by atoms with Gasteiger partial charge in [0.05, 0.1) is 7.11 Å². The highest BCUT2D eigenvalue weighted by Crippen LogP contribution is 2.29. The Bertz CT molecular complexity index is 719. The van der Waals surface area contributed by atoms with Crippen molar-refractivity contribution in [2.24, 2.45) is 0 Å². The molecule has 1 atom stereocenters. The summed E-state index contributed by atoms with van der Waals surface area (Å²) in [5, 5.41) is 3.45. The third-order valence-corrected chi connectivity index (χ3v) is 5.70. The lowest BCUT2D eigenvalue weighted by Gasteiger charge is -2.32. The summed E-state index contributed by atoms with van der Waals surface area (Å²) in [5.41, 5.74) is 3.81. The van der Waals surface area contributed by atoms with Crippen molar-refractivity contribution in [3.8, 4) is 16.9 Å². The van der Waals surface area contributed by atoms with Gasteiger partial charge in [0.2, 0.25) is 0 Å². The maximum absolute atomic E-state index is 5.64. The van der Waals surface area contributed by atoms with Gasteiger partial charge < -0.3 is 10.1 Å². The molecule has 5 heteroatoms. The molecule has 4 rings (SSSR count). The summed E-state index contributed by atoms with van der Waals surface area (Å²) < 4.78 is 5.64. The molecule has 1 unspecified atom stereocenters. The molecule has 27 heavy (non-hydrogen) atoms. The standard InChI is InChI=1S/C22H29N3O.ClH/c1-26-22-8-7-19(18-5-3-2-4-6-18)15-20(22)16-24-12-9-21(17-24)25-13-10-23-11-14-25;/h2-8,15,21,23H,9-14,16-17H2,1H3;1H. The number of nitrogens with zero attached hydrogens (tertiary/aromatic N) is 2. The molecule has 2 aromatic carbocycles. The van der Waals surface area contributed by atoms with Crippen LogP contribution >= 0.6 is 12.4 Å². The molecule has 2 heterocycles. The minimum atomic E-state index is 0. The van der Waals surface area contributed by atoms with Crippen LogP contribution in [0.5, 0.6) is 5.75 Å². The number of hydrogen-bond acceptors (Lipinski definition) is 4. The highest BCUT2D eigenvalue weighted by Gasteiger charge is 2.28. The van der Waals surface area contributed by atoms with Gasteiger partial charge in [0.15, 0.2) is 0 Å². The van der Waals surface area contributed by atoms with E-state index in [1.54, 1.807) is 7.11 Å². The first kappa shape index (κ1) is 20.2. The Morgan fingerprint density at radius 2 is 1.78 bits per heavy atom. The molecule has 0 saturated carbocycles. The van der Waals surface area contributed by atoms with Crippen molar-refractivity contribution in [1.29, 1.82) is 0 Å². The zero-order valence-electron chi connectivity index (χ0n) is 16.1. The number of nitrogens with one attached hydrogen (secondary N) is 1. The van der Waals surface area contributed by atoms with Gasteiger partial charge >= 0.3 is 0 Å². The third kappa shape index (κ3) is 4.82. The summed E-state index contributed by atoms with van der Waals surface area (Å²) in [5.74, 6) is 0.996. The third-order valence-electron chi connectivity index (χ3n) is 5.70. The van der Waals surface area contributed by atoms with Crippen LogP contribution < -0.4 is 10.1 Å². The van der Waals surface area contributed by atoms with Crippen molar-refractivity contribution in [2.45, 2.75) is 19.0 Å². The minimum absolute atomic E-state index is 0. The van der Waals surface area contributed by atoms with Gasteiger partial charge in [-0.25, -0.2) is 0 Å². The summed E-state index contributed by atoms with van der Waals surface area (Å²) in [6.07, 6.45) is 1.28. The van der Waals surface area contributed by atoms with Crippen LogP contribution in [0.25, 0.3) is 11.1 Å². The summed E-state index contributed by atoms with van der Waals surface area (Å²) in [6, 6.07) is 17.9. The van der Waals surface area contributed by atoms with Gasteiger partial charge in [-0.2, -0.15) is 0 Å². The SMILES string of the molecule is COc1ccc(-c2ccccc2)cc1CN1CCC(N2CCNCC2)C1.Cl. The lowest BCUT2D eigenvalue weighted by molar-refractivity contribution is 0.170. The zero-order valence-corrected chi connectivity index (χ0v) is 16.9. The van der Waals surface area contributed by atoms with Gasteiger partial charge in [-0.15, -0.1) is 12.4 Å². The van der Waals surface area contributed by atoms with E-state index < -0.39 is 0 Å². The van der Waals surface area contributed by atoms with E-state index in [-0.39, 0.29) is 12.4 Å². The van der Waals surface area contributed by atoms with Gasteiger partial charge in [0.25, 0.3) is 0 Å². The van der Waals surface area contributed by atoms with E-state index in [2.05, 4.69) is 63.6 Å². The van der Waals surface area contributed by atoms with Crippen molar-refractivity contribution >= 4 is 12.4 Å². The average Bonchev–Trinajstić information content (AvgIpc) is 3.18. The fraction of sp³-hybridized carbons (Fsp3) is 0.455. The minimum Gasteiger partial charge on any atom is -0.496 e. The summed E-state index contributed by atoms with van der Waals surface area (Å²) in [4.78, 5) is 5.24. The lowest BCUT2D eigenvalue weighted by Crippen LogP contribution is -2.49. The first-order chi connectivity index (χ1) is 12.8. The Balaban J connectivity index is 0.00000210. The quantitative estimate of drug-likeness (QED) is 0.852. The molecular formula is C22H30ClN3O. The van der Waals surface area contributed by atoms with Crippen molar-refractivity contribution in [2.75, 3.05) is 46.4 Å². The van der Waals surface area contributed by atoms with Crippen molar-refractivity contribution < 1.29 is 4.74 Å². The summed E-state index contributed by atoms with van der Waals surface area (Å²) in [7, 11) is 1.77. The van der Waals surface area contributed by atoms with E-state index in [0.717, 1.165) is 25.4 Å². The van der Waals surface area contributed by atoms with E-state index in [0.29, 0.717) is 6.04 Å². The van der Waals surface area contributed by atoms with E-state index in [1.807, 2.05) is 0 Å². The van der Waals surface area contributed by atoms with Gasteiger partial charge in [-0.1, -0.05) is 36.4 Å². The number of rotatable bonds is 5. The fourth-order valence-corrected chi connectivity index (χ4v) is 4.25. The second kappa shape index (κ2) is 9.56. The van der Waals surface area contributed by atoms with E-state index in [1.165, 1.54) is 49.3 Å². The zero-order chi connectivity index (χ0) is 17.8. The van der Waals surface area contributed by atoms with Gasteiger partial charge in [-0.05, 0) is 29.7 Å². The molecule has 0 radical (unpaired) electrons. The topological polar surface area (TPSA) is 27.7 Å². The normalized spacial score (nSPS) is 21.0. The molecule has 0 bridgehead atoms. The largest absolute Gasteiger partial charge is 0.496 e. The van der Waals surface area contributed by atoms with Crippen molar-refractivity contribution in [1.82, 2.24) is 15.1 Å². The van der Waals surface area contributed by atoms with Gasteiger partial charge in [0.1, 0.15) is 5.75 Å². The molecule has 4 nitrogen and oxygen atoms in total. The van der Waals surface area contributed by atoms with Crippen LogP contribution in [-0.4, -0.2) is 62.2 Å². The maximum atomic E-state index is 5.64. The maximum Gasteiger partial charge on any atom is 0.123 e. The molecule has 0 spiro atoms. The smallest absolute Gasteiger partial charge is 0.123 e. The summed E-state index contributed by atoms with van der Waals surface area (Å²) >= 11 is 0. The summed E-state index contributed by atoms with van der Waals surface area (Å²) in [6.45, 7) is 7.93. The van der Waals surface area contributed by atoms with Gasteiger partial charge in [-0.3, -0.25) is 9.80 Å². The Hall–Kier alpha value is -1.59. The number of halogens is 1.